The highest BCUT2D eigenvalue weighted by atomic mass is 14.3. The summed E-state index contributed by atoms with van der Waals surface area (Å²) >= 11 is 0. The number of rotatable bonds is 1. The van der Waals surface area contributed by atoms with Crippen LogP contribution >= 0.6 is 0 Å². The van der Waals surface area contributed by atoms with Gasteiger partial charge in [0.1, 0.15) is 0 Å². The third-order valence-electron chi connectivity index (χ3n) is 4.12. The molecule has 3 aliphatic carbocycles. The smallest absolute Gasteiger partial charge is 0.0149 e. The van der Waals surface area contributed by atoms with E-state index in [1.54, 1.807) is 5.57 Å². The van der Waals surface area contributed by atoms with Crippen molar-refractivity contribution < 1.29 is 0 Å². The van der Waals surface area contributed by atoms with Crippen LogP contribution in [0.4, 0.5) is 0 Å². The van der Waals surface area contributed by atoms with Crippen LogP contribution in [-0.4, -0.2) is 0 Å². The van der Waals surface area contributed by atoms with Crippen LogP contribution in [-0.2, 0) is 0 Å². The maximum Gasteiger partial charge on any atom is -0.0149 e. The summed E-state index contributed by atoms with van der Waals surface area (Å²) in [5, 5.41) is 0. The van der Waals surface area contributed by atoms with Crippen molar-refractivity contribution in [1.82, 2.24) is 0 Å². The fraction of sp³-hybridized carbons (Fsp3) is 0.412. The maximum absolute atomic E-state index is 2.35. The molecule has 0 N–H and O–H groups in total. The highest BCUT2D eigenvalue weighted by Crippen LogP contribution is 2.37. The Morgan fingerprint density at radius 2 is 1.47 bits per heavy atom. The van der Waals surface area contributed by atoms with Crippen LogP contribution in [0.2, 0.25) is 0 Å². The Labute approximate surface area is 104 Å². The lowest BCUT2D eigenvalue weighted by Gasteiger charge is -2.18. The Bertz CT molecular complexity index is 419. The van der Waals surface area contributed by atoms with Gasteiger partial charge in [-0.2, -0.15) is 0 Å². The zero-order valence-electron chi connectivity index (χ0n) is 10.4. The van der Waals surface area contributed by atoms with Crippen molar-refractivity contribution in [1.29, 1.82) is 0 Å². The second-order valence-corrected chi connectivity index (χ2v) is 5.26. The largest absolute Gasteiger partial charge is 0.0616 e. The molecule has 0 aromatic carbocycles. The molecule has 88 valence electrons. The second kappa shape index (κ2) is 4.91. The molecule has 0 aromatic heterocycles. The predicted octanol–water partition coefficient (Wildman–Crippen LogP) is 4.88. The fourth-order valence-corrected chi connectivity index (χ4v) is 3.20. The molecule has 0 saturated heterocycles. The standard InChI is InChI=1S/C17H20/c1-2-4-9-14(8-3-1)16-12-7-13-17(16)15-10-5-6-11-15/h5-7,10-14H,1-4,8-9H2. The maximum atomic E-state index is 2.35. The average Bonchev–Trinajstić information content (AvgIpc) is 2.95. The highest BCUT2D eigenvalue weighted by Gasteiger charge is 2.21. The van der Waals surface area contributed by atoms with Gasteiger partial charge in [-0.3, -0.25) is 0 Å². The number of hydrogen-bond acceptors (Lipinski definition) is 0. The van der Waals surface area contributed by atoms with Gasteiger partial charge in [0, 0.05) is 0 Å². The van der Waals surface area contributed by atoms with Crippen molar-refractivity contribution in [3.05, 3.63) is 59.3 Å². The Hall–Kier alpha value is -1.30. The summed E-state index contributed by atoms with van der Waals surface area (Å²) in [7, 11) is 0. The molecule has 0 heterocycles. The molecule has 0 radical (unpaired) electrons. The second-order valence-electron chi connectivity index (χ2n) is 5.26. The molecule has 0 amide bonds. The van der Waals surface area contributed by atoms with E-state index in [9.17, 15) is 0 Å². The summed E-state index contributed by atoms with van der Waals surface area (Å²) in [5.74, 6) is 0.803. The van der Waals surface area contributed by atoms with Crippen LogP contribution in [0.25, 0.3) is 0 Å². The molecule has 0 spiro atoms. The molecule has 1 fully saturated rings. The van der Waals surface area contributed by atoms with Gasteiger partial charge in [0.15, 0.2) is 0 Å². The molecule has 0 nitrogen and oxygen atoms in total. The minimum atomic E-state index is 0.803. The van der Waals surface area contributed by atoms with Gasteiger partial charge in [0.2, 0.25) is 0 Å². The van der Waals surface area contributed by atoms with Gasteiger partial charge in [-0.1, -0.05) is 68.2 Å². The minimum Gasteiger partial charge on any atom is -0.0616 e. The first-order valence-corrected chi connectivity index (χ1v) is 6.93. The Kier molecular flexibility index (Phi) is 3.13. The van der Waals surface area contributed by atoms with Crippen molar-refractivity contribution >= 4 is 0 Å². The molecule has 1 saturated carbocycles. The van der Waals surface area contributed by atoms with Crippen molar-refractivity contribution in [3.63, 3.8) is 0 Å². The zero-order chi connectivity index (χ0) is 11.5. The van der Waals surface area contributed by atoms with E-state index in [0.717, 1.165) is 5.92 Å². The third-order valence-corrected chi connectivity index (χ3v) is 4.12. The van der Waals surface area contributed by atoms with Gasteiger partial charge in [-0.25, -0.2) is 0 Å². The summed E-state index contributed by atoms with van der Waals surface area (Å²) in [5.41, 5.74) is 4.47. The molecule has 0 atom stereocenters. The van der Waals surface area contributed by atoms with Gasteiger partial charge >= 0.3 is 0 Å². The molecule has 0 unspecified atom stereocenters. The third kappa shape index (κ3) is 2.22. The molecule has 3 rings (SSSR count). The monoisotopic (exact) mass is 224 g/mol. The van der Waals surface area contributed by atoms with E-state index >= 15 is 0 Å². The summed E-state index contributed by atoms with van der Waals surface area (Å²) in [6.07, 6.45) is 24.1. The Balaban J connectivity index is 1.85. The average molecular weight is 224 g/mol. The van der Waals surface area contributed by atoms with Crippen LogP contribution in [0.3, 0.4) is 0 Å². The van der Waals surface area contributed by atoms with E-state index in [1.165, 1.54) is 49.7 Å². The van der Waals surface area contributed by atoms with Crippen molar-refractivity contribution in [2.75, 3.05) is 0 Å². The number of hydrogen-bond donors (Lipinski definition) is 0. The summed E-state index contributed by atoms with van der Waals surface area (Å²) in [6.45, 7) is 0. The Morgan fingerprint density at radius 3 is 2.18 bits per heavy atom. The van der Waals surface area contributed by atoms with Gasteiger partial charge in [-0.15, -0.1) is 0 Å². The molecular weight excluding hydrogens is 204 g/mol. The molecule has 17 heavy (non-hydrogen) atoms. The molecule has 0 bridgehead atoms. The van der Waals surface area contributed by atoms with Gasteiger partial charge < -0.3 is 0 Å². The summed E-state index contributed by atoms with van der Waals surface area (Å²) < 4.78 is 0. The first kappa shape index (κ1) is 10.8. The minimum absolute atomic E-state index is 0.803. The molecule has 0 heteroatoms. The van der Waals surface area contributed by atoms with E-state index in [0.29, 0.717) is 0 Å². The first-order valence-electron chi connectivity index (χ1n) is 6.93. The van der Waals surface area contributed by atoms with E-state index in [1.807, 2.05) is 0 Å². The van der Waals surface area contributed by atoms with Crippen molar-refractivity contribution in [2.24, 2.45) is 5.92 Å². The van der Waals surface area contributed by atoms with Crippen molar-refractivity contribution in [2.45, 2.75) is 38.5 Å². The highest BCUT2D eigenvalue weighted by molar-refractivity contribution is 5.59. The lowest BCUT2D eigenvalue weighted by molar-refractivity contribution is 0.537. The van der Waals surface area contributed by atoms with Crippen LogP contribution < -0.4 is 0 Å². The van der Waals surface area contributed by atoms with Crippen molar-refractivity contribution in [3.8, 4) is 0 Å². The van der Waals surface area contributed by atoms with Gasteiger partial charge in [0.25, 0.3) is 0 Å². The molecular formula is C17H20. The van der Waals surface area contributed by atoms with E-state index in [4.69, 9.17) is 0 Å². The SMILES string of the molecule is C1=CC(=C2C=CC=C2C2CCCCCC2)C=C1. The van der Waals surface area contributed by atoms with Crippen LogP contribution in [0.15, 0.2) is 59.3 Å². The Morgan fingerprint density at radius 1 is 0.765 bits per heavy atom. The topological polar surface area (TPSA) is 0 Å². The van der Waals surface area contributed by atoms with E-state index < -0.39 is 0 Å². The first-order chi connectivity index (χ1) is 8.45. The van der Waals surface area contributed by atoms with Gasteiger partial charge in [-0.05, 0) is 35.5 Å². The lowest BCUT2D eigenvalue weighted by Crippen LogP contribution is -2.04. The fourth-order valence-electron chi connectivity index (χ4n) is 3.20. The van der Waals surface area contributed by atoms with Crippen LogP contribution in [0, 0.1) is 5.92 Å². The quantitative estimate of drug-likeness (QED) is 0.557. The normalized spacial score (nSPS) is 24.6. The lowest BCUT2D eigenvalue weighted by atomic mass is 9.86. The zero-order valence-corrected chi connectivity index (χ0v) is 10.4. The van der Waals surface area contributed by atoms with Crippen LogP contribution in [0.5, 0.6) is 0 Å². The molecule has 3 aliphatic rings. The number of allylic oxidation sites excluding steroid dienone is 10. The molecule has 0 aliphatic heterocycles. The van der Waals surface area contributed by atoms with Gasteiger partial charge in [0.05, 0.1) is 0 Å². The van der Waals surface area contributed by atoms with E-state index in [-0.39, 0.29) is 0 Å². The predicted molar refractivity (Wildman–Crippen MR) is 73.7 cm³/mol. The summed E-state index contributed by atoms with van der Waals surface area (Å²) in [6, 6.07) is 0. The molecule has 0 aromatic rings. The van der Waals surface area contributed by atoms with E-state index in [2.05, 4.69) is 42.5 Å². The van der Waals surface area contributed by atoms with Crippen LogP contribution in [0.1, 0.15) is 38.5 Å². The summed E-state index contributed by atoms with van der Waals surface area (Å²) in [4.78, 5) is 0.